The topological polar surface area (TPSA) is 70.3 Å². The number of rotatable bonds is 3. The molecule has 1 aliphatic rings. The second kappa shape index (κ2) is 6.16. The largest absolute Gasteiger partial charge is 0.352 e. The fourth-order valence-electron chi connectivity index (χ4n) is 2.57. The molecule has 0 aliphatic carbocycles. The number of nitrogen functional groups attached to an aromatic ring is 1. The lowest BCUT2D eigenvalue weighted by atomic mass is 10.2. The van der Waals surface area contributed by atoms with Gasteiger partial charge in [-0.1, -0.05) is 6.92 Å². The maximum absolute atomic E-state index is 5.49. The summed E-state index contributed by atoms with van der Waals surface area (Å²) in [6.45, 7) is 7.51. The number of nitrogens with two attached hydrogens (primary N) is 1. The summed E-state index contributed by atoms with van der Waals surface area (Å²) in [5, 5.41) is 0. The van der Waals surface area contributed by atoms with Crippen LogP contribution in [0.3, 0.4) is 0 Å². The molecular weight excluding hydrogens is 240 g/mol. The summed E-state index contributed by atoms with van der Waals surface area (Å²) in [4.78, 5) is 13.7. The Morgan fingerprint density at radius 1 is 1.42 bits per heavy atom. The van der Waals surface area contributed by atoms with Crippen molar-refractivity contribution in [1.29, 1.82) is 0 Å². The summed E-state index contributed by atoms with van der Waals surface area (Å²) in [5.41, 5.74) is 2.63. The van der Waals surface area contributed by atoms with Gasteiger partial charge in [0.1, 0.15) is 17.5 Å². The van der Waals surface area contributed by atoms with E-state index in [0.29, 0.717) is 11.9 Å². The number of hydrogen-bond donors (Lipinski definition) is 2. The number of hydrogen-bond acceptors (Lipinski definition) is 6. The smallest absolute Gasteiger partial charge is 0.145 e. The molecule has 1 saturated heterocycles. The Morgan fingerprint density at radius 3 is 2.89 bits per heavy atom. The molecule has 3 N–H and O–H groups in total. The van der Waals surface area contributed by atoms with E-state index >= 15 is 0 Å². The van der Waals surface area contributed by atoms with Crippen LogP contribution in [0.5, 0.6) is 0 Å². The number of aryl methyl sites for hydroxylation is 1. The summed E-state index contributed by atoms with van der Waals surface area (Å²) in [6.07, 6.45) is 1.96. The SMILES string of the molecule is CCc1nc(NN)cc(N2CCCN(C)CC2C)n1. The van der Waals surface area contributed by atoms with Gasteiger partial charge in [-0.15, -0.1) is 0 Å². The molecule has 1 aromatic heterocycles. The number of anilines is 2. The van der Waals surface area contributed by atoms with Gasteiger partial charge in [-0.2, -0.15) is 0 Å². The van der Waals surface area contributed by atoms with Crippen LogP contribution in [-0.4, -0.2) is 47.6 Å². The molecule has 106 valence electrons. The molecular formula is C13H24N6. The Labute approximate surface area is 115 Å². The minimum atomic E-state index is 0.442. The van der Waals surface area contributed by atoms with Crippen LogP contribution in [0.15, 0.2) is 6.07 Å². The Bertz CT molecular complexity index is 399. The van der Waals surface area contributed by atoms with Gasteiger partial charge >= 0.3 is 0 Å². The van der Waals surface area contributed by atoms with Crippen molar-refractivity contribution in [2.24, 2.45) is 5.84 Å². The first kappa shape index (κ1) is 14.0. The van der Waals surface area contributed by atoms with Gasteiger partial charge in [-0.3, -0.25) is 0 Å². The minimum absolute atomic E-state index is 0.442. The number of hydrazine groups is 1. The molecule has 2 heterocycles. The van der Waals surface area contributed by atoms with Crippen molar-refractivity contribution in [1.82, 2.24) is 14.9 Å². The molecule has 1 unspecified atom stereocenters. The van der Waals surface area contributed by atoms with Crippen molar-refractivity contribution in [3.05, 3.63) is 11.9 Å². The maximum atomic E-state index is 5.49. The third kappa shape index (κ3) is 3.33. The molecule has 0 bridgehead atoms. The molecule has 1 atom stereocenters. The normalized spacial score (nSPS) is 21.3. The van der Waals surface area contributed by atoms with E-state index in [1.807, 2.05) is 6.07 Å². The van der Waals surface area contributed by atoms with Crippen LogP contribution >= 0.6 is 0 Å². The zero-order valence-corrected chi connectivity index (χ0v) is 12.1. The molecule has 2 rings (SSSR count). The van der Waals surface area contributed by atoms with Gasteiger partial charge in [0.05, 0.1) is 0 Å². The van der Waals surface area contributed by atoms with Crippen LogP contribution in [0.2, 0.25) is 0 Å². The van der Waals surface area contributed by atoms with Crippen molar-refractivity contribution in [2.75, 3.05) is 37.0 Å². The maximum Gasteiger partial charge on any atom is 0.145 e. The first-order valence-electron chi connectivity index (χ1n) is 6.93. The molecule has 1 aromatic rings. The highest BCUT2D eigenvalue weighted by atomic mass is 15.3. The Kier molecular flexibility index (Phi) is 4.55. The van der Waals surface area contributed by atoms with Crippen LogP contribution in [0.1, 0.15) is 26.1 Å². The van der Waals surface area contributed by atoms with E-state index in [-0.39, 0.29) is 0 Å². The second-order valence-corrected chi connectivity index (χ2v) is 5.18. The van der Waals surface area contributed by atoms with E-state index in [1.165, 1.54) is 0 Å². The lowest BCUT2D eigenvalue weighted by Crippen LogP contribution is -2.38. The number of nitrogens with one attached hydrogen (secondary N) is 1. The quantitative estimate of drug-likeness (QED) is 0.623. The molecule has 0 saturated carbocycles. The van der Waals surface area contributed by atoms with Crippen LogP contribution in [0, 0.1) is 0 Å². The van der Waals surface area contributed by atoms with Crippen LogP contribution < -0.4 is 16.2 Å². The first-order valence-corrected chi connectivity index (χ1v) is 6.93. The van der Waals surface area contributed by atoms with Crippen LogP contribution in [0.4, 0.5) is 11.6 Å². The molecule has 1 aliphatic heterocycles. The van der Waals surface area contributed by atoms with Gasteiger partial charge in [-0.05, 0) is 26.9 Å². The van der Waals surface area contributed by atoms with Gasteiger partial charge in [0.15, 0.2) is 0 Å². The van der Waals surface area contributed by atoms with E-state index in [1.54, 1.807) is 0 Å². The number of likely N-dealkylation sites (N-methyl/N-ethyl adjacent to an activating group) is 1. The molecule has 0 spiro atoms. The number of nitrogens with zero attached hydrogens (tertiary/aromatic N) is 4. The molecule has 0 radical (unpaired) electrons. The Morgan fingerprint density at radius 2 is 2.21 bits per heavy atom. The third-order valence-corrected chi connectivity index (χ3v) is 3.56. The Balaban J connectivity index is 2.28. The van der Waals surface area contributed by atoms with Crippen molar-refractivity contribution in [3.8, 4) is 0 Å². The van der Waals surface area contributed by atoms with E-state index in [2.05, 4.69) is 46.1 Å². The van der Waals surface area contributed by atoms with E-state index in [0.717, 1.165) is 44.1 Å². The van der Waals surface area contributed by atoms with E-state index in [4.69, 9.17) is 5.84 Å². The number of aromatic nitrogens is 2. The average molecular weight is 264 g/mol. The van der Waals surface area contributed by atoms with Crippen molar-refractivity contribution < 1.29 is 0 Å². The highest BCUT2D eigenvalue weighted by Gasteiger charge is 2.21. The van der Waals surface area contributed by atoms with Crippen molar-refractivity contribution >= 4 is 11.6 Å². The summed E-state index contributed by atoms with van der Waals surface area (Å²) >= 11 is 0. The van der Waals surface area contributed by atoms with E-state index < -0.39 is 0 Å². The lowest BCUT2D eigenvalue weighted by Gasteiger charge is -2.29. The zero-order valence-electron chi connectivity index (χ0n) is 12.1. The molecule has 0 aromatic carbocycles. The molecule has 19 heavy (non-hydrogen) atoms. The summed E-state index contributed by atoms with van der Waals surface area (Å²) < 4.78 is 0. The first-order chi connectivity index (χ1) is 9.13. The molecule has 6 heteroatoms. The summed E-state index contributed by atoms with van der Waals surface area (Å²) in [5.74, 6) is 7.98. The monoisotopic (exact) mass is 264 g/mol. The highest BCUT2D eigenvalue weighted by molar-refractivity contribution is 5.49. The molecule has 6 nitrogen and oxygen atoms in total. The van der Waals surface area contributed by atoms with Crippen LogP contribution in [-0.2, 0) is 6.42 Å². The highest BCUT2D eigenvalue weighted by Crippen LogP contribution is 2.20. The lowest BCUT2D eigenvalue weighted by molar-refractivity contribution is 0.337. The average Bonchev–Trinajstić information content (AvgIpc) is 2.58. The summed E-state index contributed by atoms with van der Waals surface area (Å²) in [6, 6.07) is 2.37. The van der Waals surface area contributed by atoms with Gasteiger partial charge in [0.2, 0.25) is 0 Å². The Hall–Kier alpha value is -1.40. The predicted molar refractivity (Wildman–Crippen MR) is 78.1 cm³/mol. The zero-order chi connectivity index (χ0) is 13.8. The minimum Gasteiger partial charge on any atom is -0.352 e. The van der Waals surface area contributed by atoms with Gasteiger partial charge in [-0.25, -0.2) is 15.8 Å². The molecule has 0 amide bonds. The van der Waals surface area contributed by atoms with Gasteiger partial charge < -0.3 is 15.2 Å². The predicted octanol–water partition coefficient (Wildman–Crippen LogP) is 0.855. The van der Waals surface area contributed by atoms with Crippen molar-refractivity contribution in [2.45, 2.75) is 32.7 Å². The fourth-order valence-corrected chi connectivity index (χ4v) is 2.57. The standard InChI is InChI=1S/C13H24N6/c1-4-11-15-12(17-14)8-13(16-11)19-7-5-6-18(3)9-10(19)2/h8,10H,4-7,9,14H2,1-3H3,(H,15,16,17). The second-order valence-electron chi connectivity index (χ2n) is 5.18. The van der Waals surface area contributed by atoms with Gasteiger partial charge in [0.25, 0.3) is 0 Å². The fraction of sp³-hybridized carbons (Fsp3) is 0.692. The van der Waals surface area contributed by atoms with Gasteiger partial charge in [0, 0.05) is 31.6 Å². The third-order valence-electron chi connectivity index (χ3n) is 3.56. The summed E-state index contributed by atoms with van der Waals surface area (Å²) in [7, 11) is 2.17. The molecule has 1 fully saturated rings. The van der Waals surface area contributed by atoms with E-state index in [9.17, 15) is 0 Å². The van der Waals surface area contributed by atoms with Crippen LogP contribution in [0.25, 0.3) is 0 Å². The van der Waals surface area contributed by atoms with Crippen molar-refractivity contribution in [3.63, 3.8) is 0 Å².